The number of ether oxygens (including phenoxy) is 1. The van der Waals surface area contributed by atoms with E-state index in [1.165, 1.54) is 7.11 Å². The topological polar surface area (TPSA) is 38.3 Å². The minimum atomic E-state index is -0.402. The van der Waals surface area contributed by atoms with E-state index in [0.29, 0.717) is 0 Å². The Morgan fingerprint density at radius 1 is 1.43 bits per heavy atom. The molecule has 0 heterocycles. The van der Waals surface area contributed by atoms with Gasteiger partial charge in [-0.3, -0.25) is 0 Å². The predicted molar refractivity (Wildman–Crippen MR) is 55.1 cm³/mol. The Labute approximate surface area is 84.1 Å². The van der Waals surface area contributed by atoms with Gasteiger partial charge in [-0.05, 0) is 25.0 Å². The van der Waals surface area contributed by atoms with Gasteiger partial charge in [0.25, 0.3) is 0 Å². The second-order valence-electron chi connectivity index (χ2n) is 3.21. The van der Waals surface area contributed by atoms with Crippen molar-refractivity contribution in [3.05, 3.63) is 35.4 Å². The van der Waals surface area contributed by atoms with E-state index in [1.807, 2.05) is 38.1 Å². The van der Waals surface area contributed by atoms with Gasteiger partial charge in [-0.2, -0.15) is 0 Å². The summed E-state index contributed by atoms with van der Waals surface area (Å²) in [4.78, 5) is 11.0. The Morgan fingerprint density at radius 3 is 2.64 bits per heavy atom. The first-order valence-corrected chi connectivity index (χ1v) is 4.55. The highest BCUT2D eigenvalue weighted by molar-refractivity contribution is 5.67. The summed E-state index contributed by atoms with van der Waals surface area (Å²) >= 11 is 0. The van der Waals surface area contributed by atoms with E-state index < -0.39 is 6.09 Å². The number of aryl methyl sites for hydroxylation is 1. The molecule has 0 saturated heterocycles. The summed E-state index contributed by atoms with van der Waals surface area (Å²) in [6.07, 6.45) is -0.402. The van der Waals surface area contributed by atoms with Crippen molar-refractivity contribution >= 4 is 6.09 Å². The van der Waals surface area contributed by atoms with Crippen LogP contribution in [0.2, 0.25) is 0 Å². The highest BCUT2D eigenvalue weighted by atomic mass is 16.5. The lowest BCUT2D eigenvalue weighted by molar-refractivity contribution is 0.167. The van der Waals surface area contributed by atoms with Gasteiger partial charge >= 0.3 is 6.09 Å². The minimum absolute atomic E-state index is 0.0244. The largest absolute Gasteiger partial charge is 0.453 e. The summed E-state index contributed by atoms with van der Waals surface area (Å²) in [5.41, 5.74) is 2.27. The van der Waals surface area contributed by atoms with Crippen molar-refractivity contribution in [3.63, 3.8) is 0 Å². The summed E-state index contributed by atoms with van der Waals surface area (Å²) in [5, 5.41) is 2.73. The first kappa shape index (κ1) is 10.6. The molecule has 0 radical (unpaired) electrons. The fraction of sp³-hybridized carbons (Fsp3) is 0.364. The van der Waals surface area contributed by atoms with Crippen molar-refractivity contribution in [2.45, 2.75) is 19.9 Å². The molecule has 0 unspecified atom stereocenters. The lowest BCUT2D eigenvalue weighted by Crippen LogP contribution is -2.26. The summed E-state index contributed by atoms with van der Waals surface area (Å²) < 4.78 is 4.53. The quantitative estimate of drug-likeness (QED) is 0.783. The number of carbonyl (C=O) groups excluding carboxylic acids is 1. The normalized spacial score (nSPS) is 11.9. The van der Waals surface area contributed by atoms with Crippen LogP contribution in [0.1, 0.15) is 24.1 Å². The number of amides is 1. The minimum Gasteiger partial charge on any atom is -0.453 e. The van der Waals surface area contributed by atoms with Crippen molar-refractivity contribution in [1.82, 2.24) is 5.32 Å². The first-order valence-electron chi connectivity index (χ1n) is 4.55. The standard InChI is InChI=1S/C11H15NO2/c1-8-6-4-5-7-10(8)9(2)12-11(13)14-3/h4-7,9H,1-3H3,(H,12,13)/t9-/m1/s1. The maximum absolute atomic E-state index is 11.0. The SMILES string of the molecule is COC(=O)N[C@H](C)c1ccccc1C. The van der Waals surface area contributed by atoms with Crippen molar-refractivity contribution in [2.75, 3.05) is 7.11 Å². The van der Waals surface area contributed by atoms with Gasteiger partial charge in [0.1, 0.15) is 0 Å². The molecule has 14 heavy (non-hydrogen) atoms. The number of hydrogen-bond acceptors (Lipinski definition) is 2. The van der Waals surface area contributed by atoms with Crippen LogP contribution < -0.4 is 5.32 Å². The van der Waals surface area contributed by atoms with Gasteiger partial charge < -0.3 is 10.1 Å². The van der Waals surface area contributed by atoms with Gasteiger partial charge in [-0.25, -0.2) is 4.79 Å². The lowest BCUT2D eigenvalue weighted by atomic mass is 10.0. The molecule has 0 saturated carbocycles. The van der Waals surface area contributed by atoms with Gasteiger partial charge in [0.05, 0.1) is 13.2 Å². The maximum Gasteiger partial charge on any atom is 0.407 e. The Kier molecular flexibility index (Phi) is 3.51. The molecule has 76 valence electrons. The molecule has 1 aromatic carbocycles. The van der Waals surface area contributed by atoms with Crippen LogP contribution in [0.15, 0.2) is 24.3 Å². The number of rotatable bonds is 2. The number of methoxy groups -OCH3 is 1. The molecule has 1 rings (SSSR count). The highest BCUT2D eigenvalue weighted by Crippen LogP contribution is 2.16. The number of hydrogen-bond donors (Lipinski definition) is 1. The van der Waals surface area contributed by atoms with Gasteiger partial charge in [0.2, 0.25) is 0 Å². The van der Waals surface area contributed by atoms with Crippen LogP contribution in [0.3, 0.4) is 0 Å². The molecule has 0 spiro atoms. The van der Waals surface area contributed by atoms with Gasteiger partial charge in [0.15, 0.2) is 0 Å². The average Bonchev–Trinajstić information content (AvgIpc) is 2.18. The number of carbonyl (C=O) groups is 1. The van der Waals surface area contributed by atoms with Gasteiger partial charge in [-0.1, -0.05) is 24.3 Å². The molecule has 0 aliphatic rings. The Bertz CT molecular complexity index is 323. The second kappa shape index (κ2) is 4.65. The molecular formula is C11H15NO2. The molecule has 3 heteroatoms. The van der Waals surface area contributed by atoms with E-state index in [1.54, 1.807) is 0 Å². The molecule has 0 fully saturated rings. The van der Waals surface area contributed by atoms with Crippen molar-refractivity contribution in [1.29, 1.82) is 0 Å². The van der Waals surface area contributed by atoms with Crippen molar-refractivity contribution < 1.29 is 9.53 Å². The summed E-state index contributed by atoms with van der Waals surface area (Å²) in [5.74, 6) is 0. The molecule has 0 aliphatic heterocycles. The van der Waals surface area contributed by atoms with Crippen LogP contribution in [-0.2, 0) is 4.74 Å². The number of benzene rings is 1. The van der Waals surface area contributed by atoms with E-state index in [2.05, 4.69) is 10.1 Å². The van der Waals surface area contributed by atoms with Crippen LogP contribution in [-0.4, -0.2) is 13.2 Å². The van der Waals surface area contributed by atoms with Gasteiger partial charge in [-0.15, -0.1) is 0 Å². The molecule has 0 bridgehead atoms. The molecule has 1 amide bonds. The average molecular weight is 193 g/mol. The third-order valence-electron chi connectivity index (χ3n) is 2.17. The highest BCUT2D eigenvalue weighted by Gasteiger charge is 2.10. The molecule has 0 aromatic heterocycles. The van der Waals surface area contributed by atoms with E-state index in [4.69, 9.17) is 0 Å². The molecule has 0 aliphatic carbocycles. The third-order valence-corrected chi connectivity index (χ3v) is 2.17. The van der Waals surface area contributed by atoms with E-state index in [0.717, 1.165) is 11.1 Å². The summed E-state index contributed by atoms with van der Waals surface area (Å²) in [6.45, 7) is 3.95. The molecular weight excluding hydrogens is 178 g/mol. The molecule has 3 nitrogen and oxygen atoms in total. The maximum atomic E-state index is 11.0. The van der Waals surface area contributed by atoms with Crippen LogP contribution in [0.4, 0.5) is 4.79 Å². The van der Waals surface area contributed by atoms with Crippen LogP contribution in [0.5, 0.6) is 0 Å². The van der Waals surface area contributed by atoms with Crippen LogP contribution in [0, 0.1) is 6.92 Å². The fourth-order valence-corrected chi connectivity index (χ4v) is 1.39. The predicted octanol–water partition coefficient (Wildman–Crippen LogP) is 2.41. The number of alkyl carbamates (subject to hydrolysis) is 1. The molecule has 1 atom stereocenters. The van der Waals surface area contributed by atoms with E-state index in [-0.39, 0.29) is 6.04 Å². The fourth-order valence-electron chi connectivity index (χ4n) is 1.39. The van der Waals surface area contributed by atoms with Gasteiger partial charge in [0, 0.05) is 0 Å². The second-order valence-corrected chi connectivity index (χ2v) is 3.21. The summed E-state index contributed by atoms with van der Waals surface area (Å²) in [7, 11) is 1.36. The van der Waals surface area contributed by atoms with Crippen LogP contribution in [0.25, 0.3) is 0 Å². The van der Waals surface area contributed by atoms with Crippen LogP contribution >= 0.6 is 0 Å². The van der Waals surface area contributed by atoms with Crippen molar-refractivity contribution in [3.8, 4) is 0 Å². The Hall–Kier alpha value is -1.51. The number of nitrogens with one attached hydrogen (secondary N) is 1. The van der Waals surface area contributed by atoms with E-state index >= 15 is 0 Å². The molecule has 1 N–H and O–H groups in total. The van der Waals surface area contributed by atoms with E-state index in [9.17, 15) is 4.79 Å². The Balaban J connectivity index is 2.74. The van der Waals surface area contributed by atoms with Crippen molar-refractivity contribution in [2.24, 2.45) is 0 Å². The molecule has 1 aromatic rings. The third kappa shape index (κ3) is 2.49. The smallest absolute Gasteiger partial charge is 0.407 e. The summed E-state index contributed by atoms with van der Waals surface area (Å²) in [6, 6.07) is 7.92. The Morgan fingerprint density at radius 2 is 2.07 bits per heavy atom. The lowest BCUT2D eigenvalue weighted by Gasteiger charge is -2.15. The monoisotopic (exact) mass is 193 g/mol. The zero-order valence-electron chi connectivity index (χ0n) is 8.70. The zero-order chi connectivity index (χ0) is 10.6. The first-order chi connectivity index (χ1) is 6.65. The zero-order valence-corrected chi connectivity index (χ0v) is 8.70.